The second-order valence-corrected chi connectivity index (χ2v) is 10.0. The zero-order valence-electron chi connectivity index (χ0n) is 17.1. The van der Waals surface area contributed by atoms with Gasteiger partial charge in [-0.3, -0.25) is 4.79 Å². The molecule has 2 N–H and O–H groups in total. The lowest BCUT2D eigenvalue weighted by Gasteiger charge is -2.30. The van der Waals surface area contributed by atoms with Gasteiger partial charge in [-0.25, -0.2) is 14.4 Å². The Labute approximate surface area is 187 Å². The van der Waals surface area contributed by atoms with Crippen LogP contribution >= 0.6 is 23.1 Å². The summed E-state index contributed by atoms with van der Waals surface area (Å²) in [5, 5.41) is 7.14. The Morgan fingerprint density at radius 2 is 2.13 bits per heavy atom. The van der Waals surface area contributed by atoms with Gasteiger partial charge in [0.05, 0.1) is 28.8 Å². The van der Waals surface area contributed by atoms with E-state index in [1.54, 1.807) is 29.7 Å². The molecule has 0 spiro atoms. The minimum Gasteiger partial charge on any atom is -0.463 e. The summed E-state index contributed by atoms with van der Waals surface area (Å²) in [5.74, 6) is -0.758. The van der Waals surface area contributed by atoms with Crippen LogP contribution in [0.4, 0.5) is 4.79 Å². The summed E-state index contributed by atoms with van der Waals surface area (Å²) < 4.78 is 10.7. The van der Waals surface area contributed by atoms with Gasteiger partial charge in [-0.15, -0.1) is 23.1 Å². The largest absolute Gasteiger partial charge is 0.463 e. The molecule has 166 valence electrons. The number of rotatable bonds is 6. The number of hydrogen-bond acceptors (Lipinski definition) is 8. The number of hydrogen-bond donors (Lipinski definition) is 2. The first kappa shape index (κ1) is 21.7. The molecule has 31 heavy (non-hydrogen) atoms. The molecule has 2 fully saturated rings. The van der Waals surface area contributed by atoms with Crippen LogP contribution in [0.2, 0.25) is 0 Å². The zero-order chi connectivity index (χ0) is 22.2. The molecule has 1 aromatic heterocycles. The van der Waals surface area contributed by atoms with Crippen LogP contribution in [0.15, 0.2) is 28.8 Å². The molecule has 11 heteroatoms. The number of thiophene rings is 1. The number of fused-ring (bicyclic) bond motifs is 1. The van der Waals surface area contributed by atoms with E-state index >= 15 is 0 Å². The van der Waals surface area contributed by atoms with Crippen LogP contribution in [-0.4, -0.2) is 58.7 Å². The van der Waals surface area contributed by atoms with E-state index in [-0.39, 0.29) is 35.3 Å². The van der Waals surface area contributed by atoms with Crippen LogP contribution in [0.25, 0.3) is 0 Å². The van der Waals surface area contributed by atoms with E-state index in [0.717, 1.165) is 4.88 Å². The molecule has 0 saturated carbocycles. The number of carbonyl (C=O) groups is 4. The van der Waals surface area contributed by atoms with E-state index < -0.39 is 30.1 Å². The standard InChI is InChI=1S/C20H23N3O6S2/c1-3-28-18(26)15-11(21-19(27)22-16(15)13-5-4-8-30-13)9-29-17(25)12-10-31-20(2)7-6-14(24)23(12)20/h4-5,8,12,16H,3,6-7,9-10H2,1-2H3,(H2,21,22,27). The highest BCUT2D eigenvalue weighted by Gasteiger charge is 2.53. The lowest BCUT2D eigenvalue weighted by atomic mass is 10.0. The number of carbonyl (C=O) groups excluding carboxylic acids is 4. The van der Waals surface area contributed by atoms with Gasteiger partial charge in [-0.05, 0) is 31.7 Å². The monoisotopic (exact) mass is 465 g/mol. The quantitative estimate of drug-likeness (QED) is 0.617. The van der Waals surface area contributed by atoms with Crippen molar-refractivity contribution in [2.45, 2.75) is 43.6 Å². The summed E-state index contributed by atoms with van der Waals surface area (Å²) in [5.41, 5.74) is 0.370. The number of nitrogens with zero attached hydrogens (tertiary/aromatic N) is 1. The highest BCUT2D eigenvalue weighted by atomic mass is 32.2. The van der Waals surface area contributed by atoms with Gasteiger partial charge in [0.1, 0.15) is 12.6 Å². The molecule has 3 aliphatic rings. The van der Waals surface area contributed by atoms with Gasteiger partial charge in [-0.1, -0.05) is 6.07 Å². The fourth-order valence-corrected chi connectivity index (χ4v) is 6.29. The predicted molar refractivity (Wildman–Crippen MR) is 114 cm³/mol. The molecule has 1 aromatic rings. The SMILES string of the molecule is CCOC(=O)C1=C(COC(=O)C2CSC3(C)CCC(=O)N23)NC(=O)NC1c1cccs1. The third-order valence-corrected chi connectivity index (χ3v) is 7.99. The first-order valence-electron chi connectivity index (χ1n) is 9.98. The zero-order valence-corrected chi connectivity index (χ0v) is 18.8. The van der Waals surface area contributed by atoms with Crippen LogP contribution in [0.1, 0.15) is 37.6 Å². The highest BCUT2D eigenvalue weighted by molar-refractivity contribution is 8.01. The average Bonchev–Trinajstić information content (AvgIpc) is 3.44. The summed E-state index contributed by atoms with van der Waals surface area (Å²) in [4.78, 5) is 52.0. The Bertz CT molecular complexity index is 947. The van der Waals surface area contributed by atoms with Crippen molar-refractivity contribution in [3.63, 3.8) is 0 Å². The Morgan fingerprint density at radius 1 is 1.32 bits per heavy atom. The average molecular weight is 466 g/mol. The van der Waals surface area contributed by atoms with Gasteiger partial charge < -0.3 is 25.0 Å². The fraction of sp³-hybridized carbons (Fsp3) is 0.500. The number of nitrogens with one attached hydrogen (secondary N) is 2. The highest BCUT2D eigenvalue weighted by Crippen LogP contribution is 2.47. The Morgan fingerprint density at radius 3 is 2.84 bits per heavy atom. The Hall–Kier alpha value is -2.53. The predicted octanol–water partition coefficient (Wildman–Crippen LogP) is 1.92. The molecule has 4 rings (SSSR count). The minimum absolute atomic E-state index is 0.0613. The Kier molecular flexibility index (Phi) is 5.98. The molecule has 3 unspecified atom stereocenters. The number of urea groups is 1. The van der Waals surface area contributed by atoms with Crippen molar-refractivity contribution in [3.05, 3.63) is 33.7 Å². The smallest absolute Gasteiger partial charge is 0.338 e. The molecule has 4 heterocycles. The number of amides is 3. The van der Waals surface area contributed by atoms with Gasteiger partial charge in [0.15, 0.2) is 0 Å². The van der Waals surface area contributed by atoms with E-state index in [1.807, 2.05) is 18.4 Å². The maximum absolute atomic E-state index is 12.8. The maximum atomic E-state index is 12.8. The van der Waals surface area contributed by atoms with E-state index in [4.69, 9.17) is 9.47 Å². The molecule has 2 saturated heterocycles. The molecule has 9 nitrogen and oxygen atoms in total. The molecular weight excluding hydrogens is 442 g/mol. The van der Waals surface area contributed by atoms with E-state index in [9.17, 15) is 19.2 Å². The van der Waals surface area contributed by atoms with E-state index in [0.29, 0.717) is 18.6 Å². The molecule has 0 bridgehead atoms. The molecule has 0 radical (unpaired) electrons. The van der Waals surface area contributed by atoms with Crippen molar-refractivity contribution in [3.8, 4) is 0 Å². The van der Waals surface area contributed by atoms with Crippen LogP contribution in [0.3, 0.4) is 0 Å². The van der Waals surface area contributed by atoms with E-state index in [1.165, 1.54) is 11.3 Å². The first-order chi connectivity index (χ1) is 14.8. The van der Waals surface area contributed by atoms with Crippen LogP contribution in [0.5, 0.6) is 0 Å². The van der Waals surface area contributed by atoms with E-state index in [2.05, 4.69) is 10.6 Å². The van der Waals surface area contributed by atoms with Crippen molar-refractivity contribution in [2.24, 2.45) is 0 Å². The van der Waals surface area contributed by atoms with Crippen LogP contribution in [-0.2, 0) is 23.9 Å². The maximum Gasteiger partial charge on any atom is 0.338 e. The van der Waals surface area contributed by atoms with Gasteiger partial charge in [0.2, 0.25) is 5.91 Å². The first-order valence-corrected chi connectivity index (χ1v) is 11.8. The molecule has 3 amide bonds. The fourth-order valence-electron chi connectivity index (χ4n) is 4.09. The summed E-state index contributed by atoms with van der Waals surface area (Å²) in [6.45, 7) is 3.50. The van der Waals surface area contributed by atoms with Crippen molar-refractivity contribution in [1.82, 2.24) is 15.5 Å². The molecular formula is C20H23N3O6S2. The third-order valence-electron chi connectivity index (χ3n) is 5.55. The number of esters is 2. The number of ether oxygens (including phenoxy) is 2. The van der Waals surface area contributed by atoms with Crippen molar-refractivity contribution < 1.29 is 28.7 Å². The summed E-state index contributed by atoms with van der Waals surface area (Å²) in [7, 11) is 0. The van der Waals surface area contributed by atoms with Gasteiger partial charge in [0, 0.05) is 17.1 Å². The van der Waals surface area contributed by atoms with Gasteiger partial charge >= 0.3 is 18.0 Å². The molecule has 0 aromatic carbocycles. The Balaban J connectivity index is 1.56. The topological polar surface area (TPSA) is 114 Å². The molecule has 0 aliphatic carbocycles. The lowest BCUT2D eigenvalue weighted by Crippen LogP contribution is -2.48. The summed E-state index contributed by atoms with van der Waals surface area (Å²) >= 11 is 2.96. The molecule has 3 atom stereocenters. The number of thioether (sulfide) groups is 1. The summed E-state index contributed by atoms with van der Waals surface area (Å²) in [6.07, 6.45) is 1.11. The van der Waals surface area contributed by atoms with Gasteiger partial charge in [-0.2, -0.15) is 0 Å². The van der Waals surface area contributed by atoms with Crippen LogP contribution < -0.4 is 10.6 Å². The minimum atomic E-state index is -0.702. The van der Waals surface area contributed by atoms with Crippen LogP contribution in [0, 0.1) is 0 Å². The second kappa shape index (κ2) is 8.54. The second-order valence-electron chi connectivity index (χ2n) is 7.53. The molecule has 3 aliphatic heterocycles. The van der Waals surface area contributed by atoms with Crippen molar-refractivity contribution in [2.75, 3.05) is 19.0 Å². The summed E-state index contributed by atoms with van der Waals surface area (Å²) in [6, 6.07) is 1.74. The third kappa shape index (κ3) is 4.03. The van der Waals surface area contributed by atoms with Crippen molar-refractivity contribution >= 4 is 47.0 Å². The normalized spacial score (nSPS) is 27.6. The van der Waals surface area contributed by atoms with Crippen molar-refractivity contribution in [1.29, 1.82) is 0 Å². The van der Waals surface area contributed by atoms with Gasteiger partial charge in [0.25, 0.3) is 0 Å². The lowest BCUT2D eigenvalue weighted by molar-refractivity contribution is -0.153.